The molecule has 0 atom stereocenters. The molecule has 0 radical (unpaired) electrons. The first-order valence-corrected chi connectivity index (χ1v) is 13.1. The number of carbonyl (C=O) groups is 2. The predicted molar refractivity (Wildman–Crippen MR) is 130 cm³/mol. The van der Waals surface area contributed by atoms with Gasteiger partial charge in [-0.3, -0.25) is 9.59 Å². The van der Waals surface area contributed by atoms with E-state index in [9.17, 15) is 18.0 Å². The maximum absolute atomic E-state index is 13.5. The largest absolute Gasteiger partial charge is 0.468 e. The summed E-state index contributed by atoms with van der Waals surface area (Å²) in [6.45, 7) is -0.165. The quantitative estimate of drug-likeness (QED) is 0.382. The van der Waals surface area contributed by atoms with Gasteiger partial charge in [-0.1, -0.05) is 72.0 Å². The molecule has 4 aromatic rings. The fourth-order valence-corrected chi connectivity index (χ4v) is 5.44. The van der Waals surface area contributed by atoms with E-state index in [4.69, 9.17) is 4.74 Å². The molecule has 0 spiro atoms. The van der Waals surface area contributed by atoms with Crippen LogP contribution in [-0.2, 0) is 30.7 Å². The Morgan fingerprint density at radius 2 is 1.56 bits per heavy atom. The van der Waals surface area contributed by atoms with Gasteiger partial charge in [-0.25, -0.2) is 8.42 Å². The number of ether oxygens (including phenoxy) is 1. The molecule has 174 valence electrons. The Morgan fingerprint density at radius 3 is 2.09 bits per heavy atom. The highest BCUT2D eigenvalue weighted by molar-refractivity contribution is 7.90. The number of hydrogen-bond donors (Lipinski definition) is 0. The summed E-state index contributed by atoms with van der Waals surface area (Å²) in [4.78, 5) is 30.5. The molecule has 0 fully saturated rings. The number of esters is 1. The van der Waals surface area contributed by atoms with Gasteiger partial charge < -0.3 is 9.30 Å². The molecule has 0 aliphatic rings. The topological polar surface area (TPSA) is 94.8 Å². The minimum Gasteiger partial charge on any atom is -0.468 e. The maximum Gasteiger partial charge on any atom is 0.325 e. The molecular weight excluding hydrogens is 472 g/mol. The smallest absolute Gasteiger partial charge is 0.325 e. The second kappa shape index (κ2) is 9.74. The number of rotatable bonds is 6. The Morgan fingerprint density at radius 1 is 0.971 bits per heavy atom. The molecule has 7 nitrogen and oxygen atoms in total. The first-order chi connectivity index (χ1) is 16.3. The van der Waals surface area contributed by atoms with E-state index in [0.717, 1.165) is 28.7 Å². The Labute approximate surface area is 200 Å². The molecule has 0 saturated heterocycles. The lowest BCUT2D eigenvalue weighted by atomic mass is 9.91. The van der Waals surface area contributed by atoms with Crippen molar-refractivity contribution in [1.82, 2.24) is 4.57 Å². The van der Waals surface area contributed by atoms with Gasteiger partial charge in [-0.2, -0.15) is 4.99 Å². The highest BCUT2D eigenvalue weighted by Crippen LogP contribution is 2.27. The van der Waals surface area contributed by atoms with Crippen LogP contribution in [0.2, 0.25) is 0 Å². The van der Waals surface area contributed by atoms with E-state index in [1.165, 1.54) is 19.2 Å². The van der Waals surface area contributed by atoms with Crippen molar-refractivity contribution >= 4 is 43.3 Å². The van der Waals surface area contributed by atoms with Gasteiger partial charge in [0, 0.05) is 6.26 Å². The fourth-order valence-electron chi connectivity index (χ4n) is 3.64. The molecule has 1 aromatic heterocycles. The van der Waals surface area contributed by atoms with Crippen LogP contribution in [0.3, 0.4) is 0 Å². The lowest BCUT2D eigenvalue weighted by molar-refractivity contribution is -0.141. The van der Waals surface area contributed by atoms with Gasteiger partial charge in [-0.05, 0) is 29.3 Å². The van der Waals surface area contributed by atoms with E-state index in [-0.39, 0.29) is 16.2 Å². The molecule has 9 heteroatoms. The first kappa shape index (κ1) is 23.6. The summed E-state index contributed by atoms with van der Waals surface area (Å²) >= 11 is 1.15. The summed E-state index contributed by atoms with van der Waals surface area (Å²) in [6.07, 6.45) is 1.13. The first-order valence-electron chi connectivity index (χ1n) is 10.4. The number of carbonyl (C=O) groups excluding carboxylic acids is 2. The van der Waals surface area contributed by atoms with Crippen LogP contribution >= 0.6 is 11.3 Å². The number of hydrogen-bond acceptors (Lipinski definition) is 6. The van der Waals surface area contributed by atoms with Crippen molar-refractivity contribution in [2.75, 3.05) is 13.4 Å². The minimum absolute atomic E-state index is 0.149. The number of nitrogens with zero attached hydrogens (tertiary/aromatic N) is 2. The van der Waals surface area contributed by atoms with Gasteiger partial charge in [0.2, 0.25) is 0 Å². The zero-order valence-corrected chi connectivity index (χ0v) is 20.2. The molecule has 3 aromatic carbocycles. The normalized spacial score (nSPS) is 12.3. The molecule has 4 rings (SSSR count). The Hall–Kier alpha value is -3.56. The molecule has 1 heterocycles. The number of sulfone groups is 1. The van der Waals surface area contributed by atoms with E-state index in [1.54, 1.807) is 10.6 Å². The van der Waals surface area contributed by atoms with E-state index < -0.39 is 27.6 Å². The van der Waals surface area contributed by atoms with Gasteiger partial charge in [0.1, 0.15) is 6.54 Å². The van der Waals surface area contributed by atoms with Crippen LogP contribution in [0.1, 0.15) is 17.0 Å². The summed E-state index contributed by atoms with van der Waals surface area (Å²) in [5, 5.41) is 0. The molecule has 34 heavy (non-hydrogen) atoms. The molecule has 0 N–H and O–H groups in total. The number of thiazole rings is 1. The standard InChI is InChI=1S/C25H22N2O5S2/c1-32-22(28)16-27-20-14-13-19(34(2,30)31)15-21(20)33-25(27)26-24(29)23(17-9-5-3-6-10-17)18-11-7-4-8-12-18/h3-15,23H,16H2,1-2H3. The van der Waals surface area contributed by atoms with Crippen LogP contribution in [-0.4, -0.2) is 38.2 Å². The molecule has 0 unspecified atom stereocenters. The number of methoxy groups -OCH3 is 1. The predicted octanol–water partition coefficient (Wildman–Crippen LogP) is 3.54. The van der Waals surface area contributed by atoms with Gasteiger partial charge in [0.25, 0.3) is 5.91 Å². The van der Waals surface area contributed by atoms with E-state index >= 15 is 0 Å². The van der Waals surface area contributed by atoms with Crippen LogP contribution in [0.15, 0.2) is 88.8 Å². The highest BCUT2D eigenvalue weighted by Gasteiger charge is 2.23. The fraction of sp³-hybridized carbons (Fsp3) is 0.160. The van der Waals surface area contributed by atoms with Crippen LogP contribution in [0, 0.1) is 0 Å². The number of fused-ring (bicyclic) bond motifs is 1. The van der Waals surface area contributed by atoms with Crippen molar-refractivity contribution in [3.8, 4) is 0 Å². The van der Waals surface area contributed by atoms with E-state index in [1.807, 2.05) is 60.7 Å². The molecule has 0 aliphatic heterocycles. The second-order valence-electron chi connectivity index (χ2n) is 7.65. The summed E-state index contributed by atoms with van der Waals surface area (Å²) < 4.78 is 31.0. The van der Waals surface area contributed by atoms with Crippen molar-refractivity contribution in [3.63, 3.8) is 0 Å². The zero-order valence-electron chi connectivity index (χ0n) is 18.5. The van der Waals surface area contributed by atoms with Gasteiger partial charge >= 0.3 is 5.97 Å². The van der Waals surface area contributed by atoms with E-state index in [2.05, 4.69) is 4.99 Å². The lowest BCUT2D eigenvalue weighted by Gasteiger charge is -2.14. The number of benzene rings is 3. The third kappa shape index (κ3) is 5.00. The second-order valence-corrected chi connectivity index (χ2v) is 10.7. The molecule has 0 saturated carbocycles. The molecule has 0 bridgehead atoms. The molecular formula is C25H22N2O5S2. The van der Waals surface area contributed by atoms with Crippen LogP contribution in [0.5, 0.6) is 0 Å². The van der Waals surface area contributed by atoms with Crippen LogP contribution < -0.4 is 4.80 Å². The third-order valence-corrected chi connectivity index (χ3v) is 7.47. The third-order valence-electron chi connectivity index (χ3n) is 5.32. The SMILES string of the molecule is COC(=O)Cn1c(=NC(=O)C(c2ccccc2)c2ccccc2)sc2cc(S(C)(=O)=O)ccc21. The number of amides is 1. The van der Waals surface area contributed by atoms with Crippen LogP contribution in [0.25, 0.3) is 10.2 Å². The maximum atomic E-state index is 13.5. The molecule has 1 amide bonds. The minimum atomic E-state index is -3.43. The monoisotopic (exact) mass is 494 g/mol. The highest BCUT2D eigenvalue weighted by atomic mass is 32.2. The van der Waals surface area contributed by atoms with E-state index in [0.29, 0.717) is 10.2 Å². The van der Waals surface area contributed by atoms with Crippen molar-refractivity contribution < 1.29 is 22.7 Å². The average Bonchev–Trinajstić information content (AvgIpc) is 3.16. The van der Waals surface area contributed by atoms with Gasteiger partial charge in [-0.15, -0.1) is 0 Å². The summed E-state index contributed by atoms with van der Waals surface area (Å²) in [6, 6.07) is 23.3. The summed E-state index contributed by atoms with van der Waals surface area (Å²) in [5.74, 6) is -1.54. The lowest BCUT2D eigenvalue weighted by Crippen LogP contribution is -2.24. The van der Waals surface area contributed by atoms with Crippen molar-refractivity contribution in [2.24, 2.45) is 4.99 Å². The van der Waals surface area contributed by atoms with Crippen molar-refractivity contribution in [3.05, 3.63) is 94.8 Å². The van der Waals surface area contributed by atoms with Crippen molar-refractivity contribution in [1.29, 1.82) is 0 Å². The number of aromatic nitrogens is 1. The molecule has 0 aliphatic carbocycles. The Kier molecular flexibility index (Phi) is 6.76. The Bertz CT molecular complexity index is 1480. The van der Waals surface area contributed by atoms with Gasteiger partial charge in [0.15, 0.2) is 14.6 Å². The summed E-state index contributed by atoms with van der Waals surface area (Å²) in [7, 11) is -2.15. The van der Waals surface area contributed by atoms with Crippen molar-refractivity contribution in [2.45, 2.75) is 17.4 Å². The zero-order chi connectivity index (χ0) is 24.3. The van der Waals surface area contributed by atoms with Gasteiger partial charge in [0.05, 0.1) is 28.1 Å². The van der Waals surface area contributed by atoms with Crippen LogP contribution in [0.4, 0.5) is 0 Å². The average molecular weight is 495 g/mol. The Balaban J connectivity index is 1.90. The summed E-state index contributed by atoms with van der Waals surface area (Å²) in [5.41, 5.74) is 2.18.